The molecule has 0 radical (unpaired) electrons. The van der Waals surface area contributed by atoms with Gasteiger partial charge in [0, 0.05) is 30.5 Å². The third kappa shape index (κ3) is 3.88. The van der Waals surface area contributed by atoms with Crippen LogP contribution in [0.15, 0.2) is 6.07 Å². The van der Waals surface area contributed by atoms with Crippen molar-refractivity contribution in [1.29, 1.82) is 0 Å². The molecule has 0 saturated carbocycles. The van der Waals surface area contributed by atoms with E-state index in [-0.39, 0.29) is 0 Å². The minimum Gasteiger partial charge on any atom is -0.349 e. The normalized spacial score (nSPS) is 13.4. The van der Waals surface area contributed by atoms with Crippen molar-refractivity contribution in [3.05, 3.63) is 23.0 Å². The van der Waals surface area contributed by atoms with Crippen LogP contribution in [0.25, 0.3) is 0 Å². The van der Waals surface area contributed by atoms with Crippen LogP contribution in [-0.4, -0.2) is 10.6 Å². The van der Waals surface area contributed by atoms with E-state index in [1.807, 2.05) is 0 Å². The van der Waals surface area contributed by atoms with Gasteiger partial charge >= 0.3 is 0 Å². The van der Waals surface area contributed by atoms with Crippen LogP contribution in [0.4, 0.5) is 0 Å². The summed E-state index contributed by atoms with van der Waals surface area (Å²) < 4.78 is 2.38. The standard InChI is InChI=1S/C15H28N2/c1-7-17-13(5)9-15(14(17)6)10-16-12(4)8-11(2)3/h9,11-12,16H,7-8,10H2,1-6H3. The third-order valence-electron chi connectivity index (χ3n) is 3.46. The van der Waals surface area contributed by atoms with Gasteiger partial charge in [0.25, 0.3) is 0 Å². The number of hydrogen-bond donors (Lipinski definition) is 1. The second-order valence-corrected chi connectivity index (χ2v) is 5.55. The number of hydrogen-bond acceptors (Lipinski definition) is 1. The molecule has 1 unspecified atom stereocenters. The fourth-order valence-corrected chi connectivity index (χ4v) is 2.61. The maximum Gasteiger partial charge on any atom is 0.0225 e. The molecule has 0 aromatic carbocycles. The molecule has 1 N–H and O–H groups in total. The van der Waals surface area contributed by atoms with Crippen molar-refractivity contribution in [3.8, 4) is 0 Å². The van der Waals surface area contributed by atoms with Gasteiger partial charge in [-0.2, -0.15) is 0 Å². The molecular weight excluding hydrogens is 208 g/mol. The predicted molar refractivity (Wildman–Crippen MR) is 75.3 cm³/mol. The molecule has 0 aliphatic heterocycles. The van der Waals surface area contributed by atoms with E-state index in [2.05, 4.69) is 57.5 Å². The summed E-state index contributed by atoms with van der Waals surface area (Å²) in [6, 6.07) is 2.91. The fourth-order valence-electron chi connectivity index (χ4n) is 2.61. The third-order valence-corrected chi connectivity index (χ3v) is 3.46. The molecule has 2 heteroatoms. The molecule has 17 heavy (non-hydrogen) atoms. The molecule has 0 bridgehead atoms. The number of nitrogens with zero attached hydrogens (tertiary/aromatic N) is 1. The number of nitrogens with one attached hydrogen (secondary N) is 1. The molecule has 0 spiro atoms. The van der Waals surface area contributed by atoms with E-state index in [0.29, 0.717) is 6.04 Å². The van der Waals surface area contributed by atoms with Crippen molar-refractivity contribution >= 4 is 0 Å². The van der Waals surface area contributed by atoms with Crippen molar-refractivity contribution in [3.63, 3.8) is 0 Å². The summed E-state index contributed by atoms with van der Waals surface area (Å²) in [7, 11) is 0. The lowest BCUT2D eigenvalue weighted by Gasteiger charge is -2.16. The molecule has 0 saturated heterocycles. The Hall–Kier alpha value is -0.760. The number of rotatable bonds is 6. The summed E-state index contributed by atoms with van der Waals surface area (Å²) in [4.78, 5) is 0. The Kier molecular flexibility index (Phi) is 5.26. The second-order valence-electron chi connectivity index (χ2n) is 5.55. The van der Waals surface area contributed by atoms with E-state index in [0.717, 1.165) is 19.0 Å². The maximum atomic E-state index is 3.62. The largest absolute Gasteiger partial charge is 0.349 e. The van der Waals surface area contributed by atoms with E-state index in [1.54, 1.807) is 0 Å². The first-order valence-corrected chi connectivity index (χ1v) is 6.84. The lowest BCUT2D eigenvalue weighted by Crippen LogP contribution is -2.27. The Balaban J connectivity index is 2.58. The highest BCUT2D eigenvalue weighted by atomic mass is 15.0. The van der Waals surface area contributed by atoms with Crippen LogP contribution < -0.4 is 5.32 Å². The predicted octanol–water partition coefficient (Wildman–Crippen LogP) is 3.65. The maximum absolute atomic E-state index is 3.62. The lowest BCUT2D eigenvalue weighted by molar-refractivity contribution is 0.441. The van der Waals surface area contributed by atoms with Crippen LogP contribution in [0, 0.1) is 19.8 Å². The van der Waals surface area contributed by atoms with Gasteiger partial charge in [-0.3, -0.25) is 0 Å². The van der Waals surface area contributed by atoms with Gasteiger partial charge in [-0.05, 0) is 51.7 Å². The van der Waals surface area contributed by atoms with Crippen LogP contribution in [-0.2, 0) is 13.1 Å². The van der Waals surface area contributed by atoms with Crippen LogP contribution in [0.3, 0.4) is 0 Å². The Morgan fingerprint density at radius 3 is 2.35 bits per heavy atom. The zero-order valence-corrected chi connectivity index (χ0v) is 12.3. The molecule has 1 heterocycles. The second kappa shape index (κ2) is 6.25. The van der Waals surface area contributed by atoms with E-state index < -0.39 is 0 Å². The van der Waals surface area contributed by atoms with Crippen molar-refractivity contribution in [1.82, 2.24) is 9.88 Å². The fraction of sp³-hybridized carbons (Fsp3) is 0.733. The molecule has 0 amide bonds. The van der Waals surface area contributed by atoms with Gasteiger partial charge in [-0.1, -0.05) is 13.8 Å². The first kappa shape index (κ1) is 14.3. The lowest BCUT2D eigenvalue weighted by atomic mass is 10.1. The summed E-state index contributed by atoms with van der Waals surface area (Å²) in [5.74, 6) is 0.764. The van der Waals surface area contributed by atoms with Crippen LogP contribution in [0.5, 0.6) is 0 Å². The Morgan fingerprint density at radius 1 is 1.24 bits per heavy atom. The van der Waals surface area contributed by atoms with Crippen LogP contribution >= 0.6 is 0 Å². The van der Waals surface area contributed by atoms with Crippen molar-refractivity contribution in [2.24, 2.45) is 5.92 Å². The summed E-state index contributed by atoms with van der Waals surface area (Å²) in [6.07, 6.45) is 1.24. The average Bonchev–Trinajstić information content (AvgIpc) is 2.49. The average molecular weight is 236 g/mol. The number of aryl methyl sites for hydroxylation is 1. The monoisotopic (exact) mass is 236 g/mol. The quantitative estimate of drug-likeness (QED) is 0.798. The van der Waals surface area contributed by atoms with Gasteiger partial charge in [0.1, 0.15) is 0 Å². The molecule has 0 aliphatic carbocycles. The first-order chi connectivity index (χ1) is 7.95. The summed E-state index contributed by atoms with van der Waals surface area (Å²) in [5.41, 5.74) is 4.23. The Morgan fingerprint density at radius 2 is 1.88 bits per heavy atom. The van der Waals surface area contributed by atoms with Gasteiger partial charge in [0.2, 0.25) is 0 Å². The number of aromatic nitrogens is 1. The van der Waals surface area contributed by atoms with Gasteiger partial charge in [-0.15, -0.1) is 0 Å². The van der Waals surface area contributed by atoms with Crippen molar-refractivity contribution in [2.45, 2.75) is 67.1 Å². The Labute approximate surface area is 106 Å². The van der Waals surface area contributed by atoms with Crippen molar-refractivity contribution < 1.29 is 0 Å². The van der Waals surface area contributed by atoms with Gasteiger partial charge in [0.05, 0.1) is 0 Å². The smallest absolute Gasteiger partial charge is 0.0225 e. The molecule has 1 atom stereocenters. The highest BCUT2D eigenvalue weighted by Crippen LogP contribution is 2.15. The molecule has 0 fully saturated rings. The first-order valence-electron chi connectivity index (χ1n) is 6.84. The van der Waals surface area contributed by atoms with E-state index >= 15 is 0 Å². The topological polar surface area (TPSA) is 17.0 Å². The minimum absolute atomic E-state index is 0.597. The molecular formula is C15H28N2. The van der Waals surface area contributed by atoms with E-state index in [1.165, 1.54) is 23.4 Å². The van der Waals surface area contributed by atoms with E-state index in [9.17, 15) is 0 Å². The molecule has 0 aliphatic rings. The molecule has 2 nitrogen and oxygen atoms in total. The molecule has 1 aromatic heterocycles. The molecule has 98 valence electrons. The Bertz CT molecular complexity index is 350. The van der Waals surface area contributed by atoms with Crippen LogP contribution in [0.2, 0.25) is 0 Å². The van der Waals surface area contributed by atoms with Gasteiger partial charge in [-0.25, -0.2) is 0 Å². The zero-order valence-electron chi connectivity index (χ0n) is 12.3. The van der Waals surface area contributed by atoms with Gasteiger partial charge in [0.15, 0.2) is 0 Å². The molecule has 1 rings (SSSR count). The summed E-state index contributed by atoms with van der Waals surface area (Å²) in [6.45, 7) is 15.5. The highest BCUT2D eigenvalue weighted by Gasteiger charge is 2.09. The molecule has 1 aromatic rings. The summed E-state index contributed by atoms with van der Waals surface area (Å²) >= 11 is 0. The van der Waals surface area contributed by atoms with Crippen LogP contribution in [0.1, 0.15) is 51.1 Å². The van der Waals surface area contributed by atoms with E-state index in [4.69, 9.17) is 0 Å². The zero-order chi connectivity index (χ0) is 13.0. The highest BCUT2D eigenvalue weighted by molar-refractivity contribution is 5.26. The van der Waals surface area contributed by atoms with Gasteiger partial charge < -0.3 is 9.88 Å². The minimum atomic E-state index is 0.597. The summed E-state index contributed by atoms with van der Waals surface area (Å²) in [5, 5.41) is 3.62. The SMILES string of the molecule is CCn1c(C)cc(CNC(C)CC(C)C)c1C. The van der Waals surface area contributed by atoms with Crippen molar-refractivity contribution in [2.75, 3.05) is 0 Å².